The Morgan fingerprint density at radius 2 is 2.00 bits per heavy atom. The van der Waals surface area contributed by atoms with Crippen molar-refractivity contribution in [2.75, 3.05) is 38.5 Å². The van der Waals surface area contributed by atoms with Crippen LogP contribution in [0.3, 0.4) is 0 Å². The fraction of sp³-hybridized carbons (Fsp3) is 0.923. The van der Waals surface area contributed by atoms with Crippen molar-refractivity contribution in [2.24, 2.45) is 4.99 Å². The summed E-state index contributed by atoms with van der Waals surface area (Å²) < 4.78 is 0. The van der Waals surface area contributed by atoms with E-state index in [0.717, 1.165) is 13.1 Å². The second-order valence-corrected chi connectivity index (χ2v) is 6.01. The van der Waals surface area contributed by atoms with Crippen LogP contribution in [0.25, 0.3) is 0 Å². The molecule has 2 aliphatic rings. The lowest BCUT2D eigenvalue weighted by atomic mass is 10.3. The summed E-state index contributed by atoms with van der Waals surface area (Å²) in [6.45, 7) is 6.10. The van der Waals surface area contributed by atoms with Crippen molar-refractivity contribution in [1.29, 1.82) is 0 Å². The number of nitrogens with zero attached hydrogens (tertiary/aromatic N) is 2. The molecule has 0 atom stereocenters. The van der Waals surface area contributed by atoms with Gasteiger partial charge >= 0.3 is 0 Å². The standard InChI is InChI=1S/C13H25N3S/c1-2-8-15-13(14-7-1)17-12-6-5-11-16-9-3-4-10-16/h1-12H2,(H,14,15). The smallest absolute Gasteiger partial charge is 0.156 e. The summed E-state index contributed by atoms with van der Waals surface area (Å²) in [5.74, 6) is 1.22. The first-order valence-electron chi connectivity index (χ1n) is 7.08. The van der Waals surface area contributed by atoms with Gasteiger partial charge in [0.15, 0.2) is 5.17 Å². The van der Waals surface area contributed by atoms with Crippen LogP contribution in [0.1, 0.15) is 38.5 Å². The normalized spacial score (nSPS) is 22.0. The SMILES string of the molecule is C1CCNC(SCCCCN2CCCC2)=NC1. The van der Waals surface area contributed by atoms with Crippen LogP contribution >= 0.6 is 11.8 Å². The highest BCUT2D eigenvalue weighted by Crippen LogP contribution is 2.11. The van der Waals surface area contributed by atoms with Gasteiger partial charge < -0.3 is 10.2 Å². The molecule has 2 heterocycles. The van der Waals surface area contributed by atoms with Crippen LogP contribution < -0.4 is 5.32 Å². The predicted octanol–water partition coefficient (Wildman–Crippen LogP) is 2.33. The third kappa shape index (κ3) is 5.30. The second-order valence-electron chi connectivity index (χ2n) is 4.93. The summed E-state index contributed by atoms with van der Waals surface area (Å²) >= 11 is 1.91. The van der Waals surface area contributed by atoms with Crippen LogP contribution in [0.15, 0.2) is 4.99 Å². The minimum atomic E-state index is 1.02. The number of amidine groups is 1. The Kier molecular flexibility index (Phi) is 6.21. The Hall–Kier alpha value is -0.220. The number of nitrogens with one attached hydrogen (secondary N) is 1. The van der Waals surface area contributed by atoms with Crippen molar-refractivity contribution >= 4 is 16.9 Å². The number of hydrogen-bond donors (Lipinski definition) is 1. The van der Waals surface area contributed by atoms with Crippen molar-refractivity contribution in [2.45, 2.75) is 38.5 Å². The second kappa shape index (κ2) is 7.98. The topological polar surface area (TPSA) is 27.6 Å². The molecule has 0 bridgehead atoms. The van der Waals surface area contributed by atoms with E-state index < -0.39 is 0 Å². The Morgan fingerprint density at radius 3 is 2.88 bits per heavy atom. The van der Waals surface area contributed by atoms with Crippen LogP contribution in [-0.2, 0) is 0 Å². The van der Waals surface area contributed by atoms with E-state index in [1.807, 2.05) is 11.8 Å². The fourth-order valence-electron chi connectivity index (χ4n) is 2.38. The summed E-state index contributed by atoms with van der Waals surface area (Å²) in [5.41, 5.74) is 0. The molecule has 98 valence electrons. The summed E-state index contributed by atoms with van der Waals surface area (Å²) in [5, 5.41) is 4.60. The van der Waals surface area contributed by atoms with Gasteiger partial charge in [-0.3, -0.25) is 4.99 Å². The molecule has 1 N–H and O–H groups in total. The van der Waals surface area contributed by atoms with Gasteiger partial charge in [-0.1, -0.05) is 11.8 Å². The van der Waals surface area contributed by atoms with Gasteiger partial charge in [-0.2, -0.15) is 0 Å². The molecule has 0 aromatic heterocycles. The maximum Gasteiger partial charge on any atom is 0.156 e. The molecule has 0 aromatic carbocycles. The highest BCUT2D eigenvalue weighted by molar-refractivity contribution is 8.13. The first-order chi connectivity index (χ1) is 8.45. The minimum Gasteiger partial charge on any atom is -0.365 e. The van der Waals surface area contributed by atoms with E-state index >= 15 is 0 Å². The van der Waals surface area contributed by atoms with Gasteiger partial charge in [-0.05, 0) is 58.2 Å². The molecular weight excluding hydrogens is 230 g/mol. The predicted molar refractivity (Wildman–Crippen MR) is 76.9 cm³/mol. The summed E-state index contributed by atoms with van der Waals surface area (Å²) in [7, 11) is 0. The monoisotopic (exact) mass is 255 g/mol. The lowest BCUT2D eigenvalue weighted by Crippen LogP contribution is -2.21. The molecule has 1 fully saturated rings. The van der Waals surface area contributed by atoms with Gasteiger partial charge in [0.2, 0.25) is 0 Å². The highest BCUT2D eigenvalue weighted by atomic mass is 32.2. The molecule has 0 aliphatic carbocycles. The van der Waals surface area contributed by atoms with Crippen LogP contribution in [0, 0.1) is 0 Å². The number of rotatable bonds is 5. The number of thioether (sulfide) groups is 1. The number of aliphatic imine (C=N–C) groups is 1. The van der Waals surface area contributed by atoms with Crippen LogP contribution in [0.4, 0.5) is 0 Å². The zero-order valence-corrected chi connectivity index (χ0v) is 11.6. The van der Waals surface area contributed by atoms with Crippen LogP contribution in [0.2, 0.25) is 0 Å². The maximum atomic E-state index is 4.56. The van der Waals surface area contributed by atoms with E-state index in [9.17, 15) is 0 Å². The van der Waals surface area contributed by atoms with Crippen LogP contribution in [-0.4, -0.2) is 48.5 Å². The van der Waals surface area contributed by atoms with E-state index in [-0.39, 0.29) is 0 Å². The molecule has 1 saturated heterocycles. The van der Waals surface area contributed by atoms with E-state index in [1.165, 1.54) is 69.1 Å². The minimum absolute atomic E-state index is 1.02. The van der Waals surface area contributed by atoms with Gasteiger partial charge in [0, 0.05) is 18.8 Å². The average molecular weight is 255 g/mol. The van der Waals surface area contributed by atoms with E-state index in [4.69, 9.17) is 0 Å². The van der Waals surface area contributed by atoms with Crippen molar-refractivity contribution in [1.82, 2.24) is 10.2 Å². The summed E-state index contributed by atoms with van der Waals surface area (Å²) in [4.78, 5) is 7.16. The van der Waals surface area contributed by atoms with E-state index in [1.54, 1.807) is 0 Å². The zero-order valence-electron chi connectivity index (χ0n) is 10.8. The third-order valence-electron chi connectivity index (χ3n) is 3.42. The molecule has 0 saturated carbocycles. The van der Waals surface area contributed by atoms with Crippen molar-refractivity contribution < 1.29 is 0 Å². The molecule has 2 aliphatic heterocycles. The Bertz CT molecular complexity index is 237. The molecule has 4 heteroatoms. The van der Waals surface area contributed by atoms with Crippen molar-refractivity contribution in [3.8, 4) is 0 Å². The molecule has 17 heavy (non-hydrogen) atoms. The average Bonchev–Trinajstić information content (AvgIpc) is 2.72. The van der Waals surface area contributed by atoms with Gasteiger partial charge in [-0.15, -0.1) is 0 Å². The number of unbranched alkanes of at least 4 members (excludes halogenated alkanes) is 1. The van der Waals surface area contributed by atoms with Gasteiger partial charge in [0.1, 0.15) is 0 Å². The zero-order chi connectivity index (χ0) is 11.8. The number of likely N-dealkylation sites (tertiary alicyclic amines) is 1. The largest absolute Gasteiger partial charge is 0.365 e. The van der Waals surface area contributed by atoms with Crippen molar-refractivity contribution in [3.63, 3.8) is 0 Å². The Morgan fingerprint density at radius 1 is 1.12 bits per heavy atom. The number of hydrogen-bond acceptors (Lipinski definition) is 4. The summed E-state index contributed by atoms with van der Waals surface area (Å²) in [6.07, 6.45) is 8.00. The van der Waals surface area contributed by atoms with Crippen LogP contribution in [0.5, 0.6) is 0 Å². The lowest BCUT2D eigenvalue weighted by Gasteiger charge is -2.13. The molecular formula is C13H25N3S. The summed E-state index contributed by atoms with van der Waals surface area (Å²) in [6, 6.07) is 0. The molecule has 0 radical (unpaired) electrons. The molecule has 2 rings (SSSR count). The van der Waals surface area contributed by atoms with Gasteiger partial charge in [0.05, 0.1) is 0 Å². The lowest BCUT2D eigenvalue weighted by molar-refractivity contribution is 0.333. The Balaban J connectivity index is 1.48. The molecule has 0 aromatic rings. The fourth-order valence-corrected chi connectivity index (χ4v) is 3.31. The molecule has 0 amide bonds. The van der Waals surface area contributed by atoms with Gasteiger partial charge in [0.25, 0.3) is 0 Å². The van der Waals surface area contributed by atoms with Gasteiger partial charge in [-0.25, -0.2) is 0 Å². The first kappa shape index (κ1) is 13.2. The quantitative estimate of drug-likeness (QED) is 0.764. The first-order valence-corrected chi connectivity index (χ1v) is 8.07. The Labute approximate surface area is 109 Å². The van der Waals surface area contributed by atoms with E-state index in [2.05, 4.69) is 15.2 Å². The highest BCUT2D eigenvalue weighted by Gasteiger charge is 2.10. The molecule has 3 nitrogen and oxygen atoms in total. The molecule has 0 spiro atoms. The van der Waals surface area contributed by atoms with Crippen molar-refractivity contribution in [3.05, 3.63) is 0 Å². The maximum absolute atomic E-state index is 4.56. The molecule has 0 unspecified atom stereocenters. The van der Waals surface area contributed by atoms with E-state index in [0.29, 0.717) is 0 Å². The third-order valence-corrected chi connectivity index (χ3v) is 4.46.